The Balaban J connectivity index is 1.54. The maximum Gasteiger partial charge on any atom is 0.358 e. The van der Waals surface area contributed by atoms with E-state index in [9.17, 15) is 9.59 Å². The summed E-state index contributed by atoms with van der Waals surface area (Å²) in [5.41, 5.74) is 3.74. The Morgan fingerprint density at radius 3 is 2.48 bits per heavy atom. The minimum atomic E-state index is -0.438. The molecule has 0 atom stereocenters. The monoisotopic (exact) mass is 364 g/mol. The largest absolute Gasteiger partial charge is 0.464 e. The van der Waals surface area contributed by atoms with E-state index in [2.05, 4.69) is 5.10 Å². The number of aryl methyl sites for hydroxylation is 1. The average Bonchev–Trinajstić information content (AvgIpc) is 3.35. The Kier molecular flexibility index (Phi) is 4.27. The Bertz CT molecular complexity index is 987. The van der Waals surface area contributed by atoms with E-state index in [1.165, 1.54) is 7.11 Å². The number of fused-ring (bicyclic) bond motifs is 1. The molecule has 2 aromatic heterocycles. The molecule has 138 valence electrons. The third-order valence-electron chi connectivity index (χ3n) is 4.93. The van der Waals surface area contributed by atoms with Gasteiger partial charge in [-0.05, 0) is 42.8 Å². The van der Waals surface area contributed by atoms with Gasteiger partial charge in [0.15, 0.2) is 5.69 Å². The lowest BCUT2D eigenvalue weighted by Crippen LogP contribution is -2.36. The zero-order chi connectivity index (χ0) is 19.0. The van der Waals surface area contributed by atoms with Gasteiger partial charge in [0, 0.05) is 42.8 Å². The van der Waals surface area contributed by atoms with E-state index >= 15 is 0 Å². The summed E-state index contributed by atoms with van der Waals surface area (Å²) >= 11 is 0. The number of amides is 1. The molecule has 0 spiro atoms. The third-order valence-corrected chi connectivity index (χ3v) is 4.93. The van der Waals surface area contributed by atoms with Gasteiger partial charge in [-0.2, -0.15) is 5.10 Å². The fourth-order valence-electron chi connectivity index (χ4n) is 3.47. The number of esters is 1. The second-order valence-corrected chi connectivity index (χ2v) is 6.50. The van der Waals surface area contributed by atoms with Gasteiger partial charge in [0.2, 0.25) is 0 Å². The van der Waals surface area contributed by atoms with Crippen LogP contribution in [0.15, 0.2) is 48.8 Å². The van der Waals surface area contributed by atoms with Crippen molar-refractivity contribution in [3.8, 4) is 5.69 Å². The molecule has 0 radical (unpaired) electrons. The van der Waals surface area contributed by atoms with Crippen LogP contribution < -0.4 is 0 Å². The maximum atomic E-state index is 12.9. The Hall–Kier alpha value is -3.35. The van der Waals surface area contributed by atoms with E-state index in [4.69, 9.17) is 4.74 Å². The SMILES string of the molecule is COC(=O)c1nn(C)c2c1CCN(C(=O)c1ccc(-n3cccc3)cc1)C2. The molecular weight excluding hydrogens is 344 g/mol. The van der Waals surface area contributed by atoms with E-state index in [-0.39, 0.29) is 5.91 Å². The van der Waals surface area contributed by atoms with E-state index in [1.807, 2.05) is 53.4 Å². The lowest BCUT2D eigenvalue weighted by atomic mass is 10.0. The first kappa shape index (κ1) is 17.1. The first-order chi connectivity index (χ1) is 13.1. The highest BCUT2D eigenvalue weighted by atomic mass is 16.5. The third kappa shape index (κ3) is 3.01. The number of ether oxygens (including phenoxy) is 1. The predicted molar refractivity (Wildman–Crippen MR) is 98.8 cm³/mol. The molecule has 3 heterocycles. The number of nitrogens with zero attached hydrogens (tertiary/aromatic N) is 4. The minimum Gasteiger partial charge on any atom is -0.464 e. The van der Waals surface area contributed by atoms with Crippen molar-refractivity contribution in [2.45, 2.75) is 13.0 Å². The molecule has 0 N–H and O–H groups in total. The van der Waals surface area contributed by atoms with Crippen LogP contribution in [0.5, 0.6) is 0 Å². The molecule has 4 rings (SSSR count). The standard InChI is InChI=1S/C20H20N4O3/c1-22-17-13-24(12-9-16(17)18(21-22)20(26)27-2)19(25)14-5-7-15(8-6-14)23-10-3-4-11-23/h3-8,10-11H,9,12-13H2,1-2H3. The lowest BCUT2D eigenvalue weighted by molar-refractivity contribution is 0.0591. The molecule has 0 unspecified atom stereocenters. The van der Waals surface area contributed by atoms with Crippen molar-refractivity contribution in [2.75, 3.05) is 13.7 Å². The van der Waals surface area contributed by atoms with Crippen LogP contribution in [0.25, 0.3) is 5.69 Å². The van der Waals surface area contributed by atoms with E-state index in [0.717, 1.165) is 16.9 Å². The second kappa shape index (κ2) is 6.75. The second-order valence-electron chi connectivity index (χ2n) is 6.50. The average molecular weight is 364 g/mol. The lowest BCUT2D eigenvalue weighted by Gasteiger charge is -2.27. The predicted octanol–water partition coefficient (Wildman–Crippen LogP) is 2.20. The summed E-state index contributed by atoms with van der Waals surface area (Å²) < 4.78 is 8.46. The zero-order valence-electron chi connectivity index (χ0n) is 15.3. The molecule has 1 aliphatic heterocycles. The highest BCUT2D eigenvalue weighted by Gasteiger charge is 2.29. The molecule has 1 aromatic carbocycles. The number of benzene rings is 1. The van der Waals surface area contributed by atoms with Crippen molar-refractivity contribution in [1.29, 1.82) is 0 Å². The van der Waals surface area contributed by atoms with Crippen LogP contribution in [-0.4, -0.2) is 44.8 Å². The van der Waals surface area contributed by atoms with Gasteiger partial charge in [0.25, 0.3) is 5.91 Å². The van der Waals surface area contributed by atoms with Crippen molar-refractivity contribution < 1.29 is 14.3 Å². The molecule has 0 fully saturated rings. The smallest absolute Gasteiger partial charge is 0.358 e. The number of carbonyl (C=O) groups is 2. The van der Waals surface area contributed by atoms with Crippen molar-refractivity contribution in [1.82, 2.24) is 19.2 Å². The molecule has 3 aromatic rings. The summed E-state index contributed by atoms with van der Waals surface area (Å²) in [6, 6.07) is 11.5. The van der Waals surface area contributed by atoms with Crippen LogP contribution in [0.2, 0.25) is 0 Å². The van der Waals surface area contributed by atoms with Crippen LogP contribution in [0.1, 0.15) is 32.1 Å². The van der Waals surface area contributed by atoms with Crippen molar-refractivity contribution in [2.24, 2.45) is 7.05 Å². The normalized spacial score (nSPS) is 13.3. The van der Waals surface area contributed by atoms with Gasteiger partial charge in [0.1, 0.15) is 0 Å². The first-order valence-electron chi connectivity index (χ1n) is 8.74. The van der Waals surface area contributed by atoms with Crippen LogP contribution >= 0.6 is 0 Å². The minimum absolute atomic E-state index is 0.0273. The van der Waals surface area contributed by atoms with Gasteiger partial charge in [0.05, 0.1) is 19.3 Å². The summed E-state index contributed by atoms with van der Waals surface area (Å²) in [5.74, 6) is -0.465. The fourth-order valence-corrected chi connectivity index (χ4v) is 3.47. The van der Waals surface area contributed by atoms with Gasteiger partial charge in [-0.3, -0.25) is 9.48 Å². The molecule has 7 nitrogen and oxygen atoms in total. The van der Waals surface area contributed by atoms with Crippen LogP contribution in [0.3, 0.4) is 0 Å². The van der Waals surface area contributed by atoms with Gasteiger partial charge in [-0.25, -0.2) is 4.79 Å². The first-order valence-corrected chi connectivity index (χ1v) is 8.74. The number of carbonyl (C=O) groups excluding carboxylic acids is 2. The van der Waals surface area contributed by atoms with E-state index < -0.39 is 5.97 Å². The van der Waals surface area contributed by atoms with Crippen LogP contribution in [0.4, 0.5) is 0 Å². The number of methoxy groups -OCH3 is 1. The summed E-state index contributed by atoms with van der Waals surface area (Å²) in [4.78, 5) is 26.6. The molecule has 1 aliphatic rings. The van der Waals surface area contributed by atoms with Crippen molar-refractivity contribution >= 4 is 11.9 Å². The number of hydrogen-bond donors (Lipinski definition) is 0. The van der Waals surface area contributed by atoms with Crippen molar-refractivity contribution in [3.05, 3.63) is 71.3 Å². The molecule has 1 amide bonds. The van der Waals surface area contributed by atoms with Gasteiger partial charge < -0.3 is 14.2 Å². The van der Waals surface area contributed by atoms with Crippen molar-refractivity contribution in [3.63, 3.8) is 0 Å². The molecule has 0 saturated carbocycles. The zero-order valence-corrected chi connectivity index (χ0v) is 15.3. The van der Waals surface area contributed by atoms with Crippen LogP contribution in [0, 0.1) is 0 Å². The fraction of sp³-hybridized carbons (Fsp3) is 0.250. The number of hydrogen-bond acceptors (Lipinski definition) is 4. The Morgan fingerprint density at radius 1 is 1.11 bits per heavy atom. The summed E-state index contributed by atoms with van der Waals surface area (Å²) in [6.07, 6.45) is 4.51. The highest BCUT2D eigenvalue weighted by molar-refractivity contribution is 5.95. The molecule has 0 aliphatic carbocycles. The summed E-state index contributed by atoms with van der Waals surface area (Å²) in [5, 5.41) is 4.27. The number of rotatable bonds is 3. The van der Waals surface area contributed by atoms with Gasteiger partial charge in [-0.1, -0.05) is 0 Å². The summed E-state index contributed by atoms with van der Waals surface area (Å²) in [6.45, 7) is 0.967. The Morgan fingerprint density at radius 2 is 1.81 bits per heavy atom. The molecule has 7 heteroatoms. The molecular formula is C20H20N4O3. The van der Waals surface area contributed by atoms with E-state index in [1.54, 1.807) is 16.6 Å². The quantitative estimate of drug-likeness (QED) is 0.668. The molecule has 0 bridgehead atoms. The van der Waals surface area contributed by atoms with E-state index in [0.29, 0.717) is 30.8 Å². The maximum absolute atomic E-state index is 12.9. The number of aromatic nitrogens is 3. The molecule has 27 heavy (non-hydrogen) atoms. The van der Waals surface area contributed by atoms with Gasteiger partial charge >= 0.3 is 5.97 Å². The summed E-state index contributed by atoms with van der Waals surface area (Å²) in [7, 11) is 3.13. The Labute approximate surface area is 156 Å². The highest BCUT2D eigenvalue weighted by Crippen LogP contribution is 2.24. The van der Waals surface area contributed by atoms with Gasteiger partial charge in [-0.15, -0.1) is 0 Å². The topological polar surface area (TPSA) is 69.4 Å². The molecule has 0 saturated heterocycles. The van der Waals surface area contributed by atoms with Crippen LogP contribution in [-0.2, 0) is 24.8 Å².